The molecule has 0 saturated carbocycles. The Morgan fingerprint density at radius 1 is 1.10 bits per heavy atom. The summed E-state index contributed by atoms with van der Waals surface area (Å²) in [6, 6.07) is 14.4. The molecule has 0 unspecified atom stereocenters. The molecule has 2 aromatic carbocycles. The minimum Gasteiger partial charge on any atom is -0.493 e. The normalized spacial score (nSPS) is 11.4. The molecule has 3 nitrogen and oxygen atoms in total. The van der Waals surface area contributed by atoms with Crippen LogP contribution in [0, 0.1) is 0 Å². The van der Waals surface area contributed by atoms with Gasteiger partial charge in [-0.25, -0.2) is 4.39 Å². The van der Waals surface area contributed by atoms with E-state index in [1.54, 1.807) is 25.3 Å². The Hall–Kier alpha value is -1.78. The minimum atomic E-state index is -0.632. The Labute approximate surface area is 130 Å². The first-order valence-corrected chi connectivity index (χ1v) is 6.40. The second-order valence-corrected chi connectivity index (χ2v) is 4.45. The van der Waals surface area contributed by atoms with Gasteiger partial charge in [0.2, 0.25) is 0 Å². The molecule has 0 aliphatic carbocycles. The molecule has 0 spiro atoms. The zero-order valence-electron chi connectivity index (χ0n) is 11.8. The van der Waals surface area contributed by atoms with Gasteiger partial charge in [0.25, 0.3) is 0 Å². The van der Waals surface area contributed by atoms with E-state index in [1.807, 2.05) is 30.3 Å². The molecule has 5 heteroatoms. The van der Waals surface area contributed by atoms with Crippen molar-refractivity contribution in [1.82, 2.24) is 0 Å². The highest BCUT2D eigenvalue weighted by Crippen LogP contribution is 2.30. The largest absolute Gasteiger partial charge is 0.493 e. The van der Waals surface area contributed by atoms with E-state index in [2.05, 4.69) is 0 Å². The van der Waals surface area contributed by atoms with E-state index in [9.17, 15) is 4.39 Å². The lowest BCUT2D eigenvalue weighted by atomic mass is 10.1. The van der Waals surface area contributed by atoms with Gasteiger partial charge >= 0.3 is 0 Å². The quantitative estimate of drug-likeness (QED) is 0.885. The summed E-state index contributed by atoms with van der Waals surface area (Å²) >= 11 is 0. The lowest BCUT2D eigenvalue weighted by Crippen LogP contribution is -2.12. The third-order valence-electron chi connectivity index (χ3n) is 3.02. The average molecular weight is 312 g/mol. The molecule has 0 fully saturated rings. The van der Waals surface area contributed by atoms with Crippen LogP contribution in [0.2, 0.25) is 0 Å². The summed E-state index contributed by atoms with van der Waals surface area (Å²) in [5, 5.41) is 0. The molecule has 0 aliphatic heterocycles. The maximum atomic E-state index is 12.6. The molecule has 0 amide bonds. The number of hydrogen-bond acceptors (Lipinski definition) is 3. The van der Waals surface area contributed by atoms with Crippen LogP contribution in [-0.2, 0) is 6.61 Å². The van der Waals surface area contributed by atoms with Crippen LogP contribution in [0.3, 0.4) is 0 Å². The topological polar surface area (TPSA) is 44.5 Å². The van der Waals surface area contributed by atoms with E-state index in [0.29, 0.717) is 23.7 Å². The molecule has 0 heterocycles. The standard InChI is InChI=1S/C16H18FNO2.ClH/c1-19-16-9-13(14(18)10-17)7-8-15(16)20-11-12-5-3-2-4-6-12;/h2-9,14H,10-11,18H2,1H3;1H/t14-;/m1./s1. The summed E-state index contributed by atoms with van der Waals surface area (Å²) in [5.74, 6) is 1.17. The molecule has 114 valence electrons. The predicted molar refractivity (Wildman–Crippen MR) is 83.9 cm³/mol. The summed E-state index contributed by atoms with van der Waals surface area (Å²) in [4.78, 5) is 0. The number of nitrogens with two attached hydrogens (primary N) is 1. The van der Waals surface area contributed by atoms with Crippen LogP contribution in [0.5, 0.6) is 11.5 Å². The van der Waals surface area contributed by atoms with Crippen molar-refractivity contribution < 1.29 is 13.9 Å². The van der Waals surface area contributed by atoms with Crippen molar-refractivity contribution >= 4 is 12.4 Å². The Morgan fingerprint density at radius 3 is 2.43 bits per heavy atom. The molecule has 0 saturated heterocycles. The molecule has 2 aromatic rings. The van der Waals surface area contributed by atoms with E-state index < -0.39 is 12.7 Å². The van der Waals surface area contributed by atoms with Crippen molar-refractivity contribution in [3.05, 3.63) is 59.7 Å². The van der Waals surface area contributed by atoms with Crippen molar-refractivity contribution in [3.63, 3.8) is 0 Å². The maximum Gasteiger partial charge on any atom is 0.161 e. The van der Waals surface area contributed by atoms with Crippen LogP contribution < -0.4 is 15.2 Å². The number of hydrogen-bond donors (Lipinski definition) is 1. The molecule has 0 aromatic heterocycles. The number of alkyl halides is 1. The number of rotatable bonds is 6. The van der Waals surface area contributed by atoms with Crippen LogP contribution >= 0.6 is 12.4 Å². The second kappa shape index (κ2) is 8.49. The first-order chi connectivity index (χ1) is 9.74. The fourth-order valence-electron chi connectivity index (χ4n) is 1.86. The van der Waals surface area contributed by atoms with E-state index in [1.165, 1.54) is 0 Å². The summed E-state index contributed by atoms with van der Waals surface area (Å²) in [5.41, 5.74) is 7.42. The van der Waals surface area contributed by atoms with Gasteiger partial charge in [0, 0.05) is 0 Å². The molecular formula is C16H19ClFNO2. The Kier molecular flexibility index (Phi) is 6.99. The average Bonchev–Trinajstić information content (AvgIpc) is 2.53. The van der Waals surface area contributed by atoms with Gasteiger partial charge in [-0.05, 0) is 23.3 Å². The highest BCUT2D eigenvalue weighted by molar-refractivity contribution is 5.85. The zero-order chi connectivity index (χ0) is 14.4. The molecule has 0 aliphatic rings. The van der Waals surface area contributed by atoms with E-state index in [-0.39, 0.29) is 12.4 Å². The molecule has 2 N–H and O–H groups in total. The SMILES string of the molecule is COc1cc([C@H](N)CF)ccc1OCc1ccccc1.Cl. The molecule has 0 bridgehead atoms. The first kappa shape index (κ1) is 17.3. The van der Waals surface area contributed by atoms with Crippen molar-refractivity contribution in [3.8, 4) is 11.5 Å². The van der Waals surface area contributed by atoms with Gasteiger partial charge in [-0.2, -0.15) is 0 Å². The fourth-order valence-corrected chi connectivity index (χ4v) is 1.86. The van der Waals surface area contributed by atoms with Crippen molar-refractivity contribution in [2.45, 2.75) is 12.6 Å². The van der Waals surface area contributed by atoms with Gasteiger partial charge < -0.3 is 15.2 Å². The summed E-state index contributed by atoms with van der Waals surface area (Å²) in [6.45, 7) is -0.154. The van der Waals surface area contributed by atoms with E-state index in [4.69, 9.17) is 15.2 Å². The van der Waals surface area contributed by atoms with Crippen molar-refractivity contribution in [2.75, 3.05) is 13.8 Å². The van der Waals surface area contributed by atoms with Gasteiger partial charge in [0.05, 0.1) is 13.2 Å². The van der Waals surface area contributed by atoms with Gasteiger partial charge in [-0.3, -0.25) is 0 Å². The number of benzene rings is 2. The third-order valence-corrected chi connectivity index (χ3v) is 3.02. The van der Waals surface area contributed by atoms with Gasteiger partial charge in [-0.15, -0.1) is 12.4 Å². The molecule has 1 atom stereocenters. The van der Waals surface area contributed by atoms with Crippen LogP contribution in [0.15, 0.2) is 48.5 Å². The van der Waals surface area contributed by atoms with Crippen LogP contribution in [-0.4, -0.2) is 13.8 Å². The van der Waals surface area contributed by atoms with Crippen LogP contribution in [0.25, 0.3) is 0 Å². The molecule has 21 heavy (non-hydrogen) atoms. The van der Waals surface area contributed by atoms with Crippen molar-refractivity contribution in [1.29, 1.82) is 0 Å². The highest BCUT2D eigenvalue weighted by atomic mass is 35.5. The van der Waals surface area contributed by atoms with E-state index in [0.717, 1.165) is 5.56 Å². The monoisotopic (exact) mass is 311 g/mol. The Balaban J connectivity index is 0.00000220. The van der Waals surface area contributed by atoms with E-state index >= 15 is 0 Å². The second-order valence-electron chi connectivity index (χ2n) is 4.45. The third kappa shape index (κ3) is 4.62. The Bertz CT molecular complexity index is 551. The number of halogens is 2. The van der Waals surface area contributed by atoms with Gasteiger partial charge in [0.15, 0.2) is 11.5 Å². The number of methoxy groups -OCH3 is 1. The molecule has 2 rings (SSSR count). The number of ether oxygens (including phenoxy) is 2. The van der Waals surface area contributed by atoms with Crippen molar-refractivity contribution in [2.24, 2.45) is 5.73 Å². The van der Waals surface area contributed by atoms with Crippen LogP contribution in [0.4, 0.5) is 4.39 Å². The maximum absolute atomic E-state index is 12.6. The lowest BCUT2D eigenvalue weighted by Gasteiger charge is -2.14. The zero-order valence-corrected chi connectivity index (χ0v) is 12.6. The fraction of sp³-hybridized carbons (Fsp3) is 0.250. The molecular weight excluding hydrogens is 293 g/mol. The summed E-state index contributed by atoms with van der Waals surface area (Å²) < 4.78 is 23.6. The van der Waals surface area contributed by atoms with Gasteiger partial charge in [-0.1, -0.05) is 36.4 Å². The Morgan fingerprint density at radius 2 is 1.81 bits per heavy atom. The van der Waals surface area contributed by atoms with Gasteiger partial charge in [0.1, 0.15) is 13.3 Å². The minimum absolute atomic E-state index is 0. The molecule has 0 radical (unpaired) electrons. The lowest BCUT2D eigenvalue weighted by molar-refractivity contribution is 0.284. The summed E-state index contributed by atoms with van der Waals surface area (Å²) in [7, 11) is 1.55. The first-order valence-electron chi connectivity index (χ1n) is 6.40. The predicted octanol–water partition coefficient (Wildman–Crippen LogP) is 3.67. The smallest absolute Gasteiger partial charge is 0.161 e. The van der Waals surface area contributed by atoms with Crippen LogP contribution in [0.1, 0.15) is 17.2 Å². The summed E-state index contributed by atoms with van der Waals surface area (Å²) in [6.07, 6.45) is 0. The highest BCUT2D eigenvalue weighted by Gasteiger charge is 2.11.